The summed E-state index contributed by atoms with van der Waals surface area (Å²) >= 11 is 0. The Morgan fingerprint density at radius 3 is 2.57 bits per heavy atom. The Kier molecular flexibility index (Phi) is 4.97. The Bertz CT molecular complexity index is 590. The highest BCUT2D eigenvalue weighted by molar-refractivity contribution is 7.89. The Morgan fingerprint density at radius 1 is 1.38 bits per heavy atom. The van der Waals surface area contributed by atoms with Crippen LogP contribution in [0.3, 0.4) is 0 Å². The van der Waals surface area contributed by atoms with Crippen LogP contribution in [0.25, 0.3) is 0 Å². The third-order valence-corrected chi connectivity index (χ3v) is 5.57. The summed E-state index contributed by atoms with van der Waals surface area (Å²) in [5.41, 5.74) is 0.809. The van der Waals surface area contributed by atoms with Crippen molar-refractivity contribution in [1.82, 2.24) is 4.31 Å². The molecular formula is C14H19NO5S. The van der Waals surface area contributed by atoms with Crippen molar-refractivity contribution in [3.05, 3.63) is 29.8 Å². The Hall–Kier alpha value is -1.44. The van der Waals surface area contributed by atoms with Gasteiger partial charge < -0.3 is 9.84 Å². The number of aryl methyl sites for hydroxylation is 1. The standard InChI is InChI=1S/C14H19NO5S/c1-15(12-8-9-20-10-12)21(18,19)13-5-2-11(3-6-13)4-7-14(16)17/h2-3,5-6,12H,4,7-10H2,1H3,(H,16,17). The second-order valence-corrected chi connectivity index (χ2v) is 7.07. The summed E-state index contributed by atoms with van der Waals surface area (Å²) in [7, 11) is -1.97. The number of carboxylic acid groups (broad SMARTS) is 1. The van der Waals surface area contributed by atoms with E-state index >= 15 is 0 Å². The van der Waals surface area contributed by atoms with Crippen LogP contribution in [0.1, 0.15) is 18.4 Å². The molecule has 1 fully saturated rings. The maximum Gasteiger partial charge on any atom is 0.303 e. The van der Waals surface area contributed by atoms with E-state index in [9.17, 15) is 13.2 Å². The van der Waals surface area contributed by atoms with Crippen LogP contribution in [-0.2, 0) is 26.0 Å². The lowest BCUT2D eigenvalue weighted by Gasteiger charge is -2.22. The van der Waals surface area contributed by atoms with Crippen LogP contribution >= 0.6 is 0 Å². The Morgan fingerprint density at radius 2 is 2.05 bits per heavy atom. The quantitative estimate of drug-likeness (QED) is 0.850. The first-order valence-corrected chi connectivity index (χ1v) is 8.22. The largest absolute Gasteiger partial charge is 0.481 e. The van der Waals surface area contributed by atoms with Crippen LogP contribution in [0, 0.1) is 0 Å². The number of aliphatic carboxylic acids is 1. The van der Waals surface area contributed by atoms with Gasteiger partial charge in [-0.1, -0.05) is 12.1 Å². The van der Waals surface area contributed by atoms with Gasteiger partial charge in [-0.05, 0) is 30.5 Å². The lowest BCUT2D eigenvalue weighted by atomic mass is 10.1. The van der Waals surface area contributed by atoms with Gasteiger partial charge >= 0.3 is 5.97 Å². The molecule has 7 heteroatoms. The van der Waals surface area contributed by atoms with Crippen molar-refractivity contribution < 1.29 is 23.1 Å². The first-order valence-electron chi connectivity index (χ1n) is 6.78. The summed E-state index contributed by atoms with van der Waals surface area (Å²) in [5, 5.41) is 8.64. The molecule has 0 amide bonds. The molecule has 0 radical (unpaired) electrons. The molecule has 1 N–H and O–H groups in total. The van der Waals surface area contributed by atoms with Crippen LogP contribution in [0.4, 0.5) is 0 Å². The van der Waals surface area contributed by atoms with E-state index in [-0.39, 0.29) is 17.4 Å². The molecule has 1 aliphatic rings. The molecule has 0 saturated carbocycles. The first-order chi connectivity index (χ1) is 9.91. The minimum Gasteiger partial charge on any atom is -0.481 e. The molecule has 0 aromatic heterocycles. The van der Waals surface area contributed by atoms with Crippen LogP contribution in [-0.4, -0.2) is 50.1 Å². The van der Waals surface area contributed by atoms with Crippen molar-refractivity contribution in [2.45, 2.75) is 30.2 Å². The number of benzene rings is 1. The van der Waals surface area contributed by atoms with Crippen LogP contribution in [0.15, 0.2) is 29.2 Å². The van der Waals surface area contributed by atoms with E-state index in [0.717, 1.165) is 5.56 Å². The number of hydrogen-bond donors (Lipinski definition) is 1. The zero-order chi connectivity index (χ0) is 15.5. The third-order valence-electron chi connectivity index (χ3n) is 3.65. The van der Waals surface area contributed by atoms with Crippen LogP contribution in [0.2, 0.25) is 0 Å². The average molecular weight is 313 g/mol. The molecular weight excluding hydrogens is 294 g/mol. The third kappa shape index (κ3) is 3.81. The molecule has 1 atom stereocenters. The molecule has 6 nitrogen and oxygen atoms in total. The van der Waals surface area contributed by atoms with Crippen molar-refractivity contribution in [3.8, 4) is 0 Å². The van der Waals surface area contributed by atoms with Gasteiger partial charge in [0.1, 0.15) is 0 Å². The maximum absolute atomic E-state index is 12.5. The summed E-state index contributed by atoms with van der Waals surface area (Å²) in [6.07, 6.45) is 1.12. The molecule has 0 aliphatic carbocycles. The van der Waals surface area contributed by atoms with Gasteiger partial charge in [-0.25, -0.2) is 8.42 Å². The van der Waals surface area contributed by atoms with Crippen molar-refractivity contribution >= 4 is 16.0 Å². The molecule has 116 valence electrons. The topological polar surface area (TPSA) is 83.9 Å². The summed E-state index contributed by atoms with van der Waals surface area (Å²) in [6.45, 7) is 1.01. The fourth-order valence-corrected chi connectivity index (χ4v) is 3.62. The Balaban J connectivity index is 2.11. The number of sulfonamides is 1. The van der Waals surface area contributed by atoms with Crippen molar-refractivity contribution in [1.29, 1.82) is 0 Å². The van der Waals surface area contributed by atoms with Crippen molar-refractivity contribution in [2.24, 2.45) is 0 Å². The zero-order valence-corrected chi connectivity index (χ0v) is 12.7. The first kappa shape index (κ1) is 15.9. The van der Waals surface area contributed by atoms with E-state index in [2.05, 4.69) is 0 Å². The molecule has 1 aliphatic heterocycles. The molecule has 1 aromatic rings. The van der Waals surface area contributed by atoms with Gasteiger partial charge in [0.25, 0.3) is 0 Å². The van der Waals surface area contributed by atoms with Crippen molar-refractivity contribution in [3.63, 3.8) is 0 Å². The van der Waals surface area contributed by atoms with E-state index in [0.29, 0.717) is 26.1 Å². The monoisotopic (exact) mass is 313 g/mol. The molecule has 21 heavy (non-hydrogen) atoms. The van der Waals surface area contributed by atoms with E-state index < -0.39 is 16.0 Å². The SMILES string of the molecule is CN(C1CCOC1)S(=O)(=O)c1ccc(CCC(=O)O)cc1. The van der Waals surface area contributed by atoms with Gasteiger partial charge in [-0.2, -0.15) is 4.31 Å². The smallest absolute Gasteiger partial charge is 0.303 e. The van der Waals surface area contributed by atoms with Gasteiger partial charge in [0.2, 0.25) is 10.0 Å². The van der Waals surface area contributed by atoms with E-state index in [4.69, 9.17) is 9.84 Å². The number of likely N-dealkylation sites (N-methyl/N-ethyl adjacent to an activating group) is 1. The number of hydrogen-bond acceptors (Lipinski definition) is 4. The van der Waals surface area contributed by atoms with Gasteiger partial charge in [-0.3, -0.25) is 4.79 Å². The number of nitrogens with zero attached hydrogens (tertiary/aromatic N) is 1. The number of ether oxygens (including phenoxy) is 1. The molecule has 1 unspecified atom stereocenters. The van der Waals surface area contributed by atoms with Gasteiger partial charge in [0.05, 0.1) is 17.5 Å². The predicted molar refractivity (Wildman–Crippen MR) is 76.6 cm³/mol. The van der Waals surface area contributed by atoms with Crippen LogP contribution in [0.5, 0.6) is 0 Å². The molecule has 0 spiro atoms. The molecule has 1 saturated heterocycles. The van der Waals surface area contributed by atoms with E-state index in [1.54, 1.807) is 19.2 Å². The highest BCUT2D eigenvalue weighted by Crippen LogP contribution is 2.21. The summed E-state index contributed by atoms with van der Waals surface area (Å²) in [4.78, 5) is 10.7. The lowest BCUT2D eigenvalue weighted by Crippen LogP contribution is -2.37. The summed E-state index contributed by atoms with van der Waals surface area (Å²) in [6, 6.07) is 6.25. The second kappa shape index (κ2) is 6.55. The highest BCUT2D eigenvalue weighted by atomic mass is 32.2. The summed E-state index contributed by atoms with van der Waals surface area (Å²) in [5.74, 6) is -0.868. The maximum atomic E-state index is 12.5. The normalized spacial score (nSPS) is 19.0. The zero-order valence-electron chi connectivity index (χ0n) is 11.9. The minimum atomic E-state index is -3.53. The average Bonchev–Trinajstić information content (AvgIpc) is 2.98. The minimum absolute atomic E-state index is 0.0331. The van der Waals surface area contributed by atoms with E-state index in [1.807, 2.05) is 0 Å². The number of rotatable bonds is 6. The van der Waals surface area contributed by atoms with Crippen molar-refractivity contribution in [2.75, 3.05) is 20.3 Å². The second-order valence-electron chi connectivity index (χ2n) is 5.08. The fraction of sp³-hybridized carbons (Fsp3) is 0.500. The molecule has 0 bridgehead atoms. The fourth-order valence-electron chi connectivity index (χ4n) is 2.25. The molecule has 1 heterocycles. The summed E-state index contributed by atoms with van der Waals surface area (Å²) < 4.78 is 31.5. The van der Waals surface area contributed by atoms with Crippen LogP contribution < -0.4 is 0 Å². The van der Waals surface area contributed by atoms with Gasteiger partial charge in [-0.15, -0.1) is 0 Å². The molecule has 1 aromatic carbocycles. The lowest BCUT2D eigenvalue weighted by molar-refractivity contribution is -0.136. The van der Waals surface area contributed by atoms with Gasteiger partial charge in [0.15, 0.2) is 0 Å². The highest BCUT2D eigenvalue weighted by Gasteiger charge is 2.30. The molecule has 2 rings (SSSR count). The Labute approximate surface area is 124 Å². The predicted octanol–water partition coefficient (Wildman–Crippen LogP) is 1.11. The van der Waals surface area contributed by atoms with E-state index in [1.165, 1.54) is 16.4 Å². The number of carboxylic acids is 1. The number of carbonyl (C=O) groups is 1. The van der Waals surface area contributed by atoms with Gasteiger partial charge in [0, 0.05) is 20.1 Å².